The second-order valence-electron chi connectivity index (χ2n) is 7.24. The molecule has 9 heteroatoms. The molecule has 2 aromatic rings. The molecule has 30 heavy (non-hydrogen) atoms. The summed E-state index contributed by atoms with van der Waals surface area (Å²) >= 11 is 0. The maximum Gasteiger partial charge on any atom is 0.416 e. The first-order valence-electron chi connectivity index (χ1n) is 9.72. The maximum atomic E-state index is 12.8. The topological polar surface area (TPSA) is 66.5 Å². The fraction of sp³-hybridized carbons (Fsp3) is 0.381. The fourth-order valence-corrected chi connectivity index (χ4v) is 4.85. The number of nitrogens with one attached hydrogen (secondary N) is 1. The minimum absolute atomic E-state index is 0.0640. The third kappa shape index (κ3) is 5.60. The van der Waals surface area contributed by atoms with Crippen LogP contribution >= 0.6 is 0 Å². The van der Waals surface area contributed by atoms with Crippen LogP contribution in [0.2, 0.25) is 0 Å². The lowest BCUT2D eigenvalue weighted by Gasteiger charge is -2.25. The highest BCUT2D eigenvalue weighted by atomic mass is 32.2. The van der Waals surface area contributed by atoms with Gasteiger partial charge in [0, 0.05) is 25.2 Å². The molecule has 1 aliphatic heterocycles. The summed E-state index contributed by atoms with van der Waals surface area (Å²) in [5.74, 6) is -0.417. The van der Waals surface area contributed by atoms with E-state index in [0.29, 0.717) is 19.5 Å². The SMILES string of the molecule is O=C(CCc1ccc(S(=O)(=O)N2CCCCC2)cc1)Nc1cccc(C(F)(F)F)c1. The van der Waals surface area contributed by atoms with Gasteiger partial charge in [0.05, 0.1) is 10.5 Å². The van der Waals surface area contributed by atoms with Crippen molar-refractivity contribution < 1.29 is 26.4 Å². The first-order chi connectivity index (χ1) is 14.2. The Balaban J connectivity index is 1.57. The van der Waals surface area contributed by atoms with Crippen LogP contribution < -0.4 is 5.32 Å². The number of benzene rings is 2. The van der Waals surface area contributed by atoms with E-state index in [1.807, 2.05) is 0 Å². The van der Waals surface area contributed by atoms with E-state index < -0.39 is 27.7 Å². The fourth-order valence-electron chi connectivity index (χ4n) is 3.34. The van der Waals surface area contributed by atoms with Gasteiger partial charge in [-0.1, -0.05) is 24.6 Å². The highest BCUT2D eigenvalue weighted by molar-refractivity contribution is 7.89. The average Bonchev–Trinajstić information content (AvgIpc) is 2.73. The predicted octanol–water partition coefficient (Wildman–Crippen LogP) is 4.45. The van der Waals surface area contributed by atoms with E-state index in [1.165, 1.54) is 28.6 Å². The zero-order valence-electron chi connectivity index (χ0n) is 16.3. The van der Waals surface area contributed by atoms with Crippen molar-refractivity contribution in [2.24, 2.45) is 0 Å². The summed E-state index contributed by atoms with van der Waals surface area (Å²) in [5.41, 5.74) is 0.0235. The Morgan fingerprint density at radius 3 is 2.30 bits per heavy atom. The number of anilines is 1. The van der Waals surface area contributed by atoms with E-state index in [0.717, 1.165) is 37.0 Å². The van der Waals surface area contributed by atoms with Crippen molar-refractivity contribution in [2.45, 2.75) is 43.2 Å². The minimum atomic E-state index is -4.48. The molecule has 1 amide bonds. The van der Waals surface area contributed by atoms with Crippen LogP contribution in [-0.4, -0.2) is 31.7 Å². The third-order valence-corrected chi connectivity index (χ3v) is 6.90. The van der Waals surface area contributed by atoms with Crippen molar-refractivity contribution in [1.82, 2.24) is 4.31 Å². The molecule has 0 aromatic heterocycles. The van der Waals surface area contributed by atoms with Gasteiger partial charge < -0.3 is 5.32 Å². The van der Waals surface area contributed by atoms with E-state index in [2.05, 4.69) is 5.32 Å². The Labute approximate surface area is 173 Å². The Bertz CT molecular complexity index is 983. The van der Waals surface area contributed by atoms with E-state index in [9.17, 15) is 26.4 Å². The molecule has 2 aromatic carbocycles. The van der Waals surface area contributed by atoms with Crippen molar-refractivity contribution >= 4 is 21.6 Å². The third-order valence-electron chi connectivity index (χ3n) is 4.99. The molecule has 1 saturated heterocycles. The van der Waals surface area contributed by atoms with Crippen LogP contribution in [0.25, 0.3) is 0 Å². The number of amides is 1. The summed E-state index contributed by atoms with van der Waals surface area (Å²) < 4.78 is 65.0. The number of aryl methyl sites for hydroxylation is 1. The summed E-state index contributed by atoms with van der Waals surface area (Å²) in [6, 6.07) is 10.8. The second-order valence-corrected chi connectivity index (χ2v) is 9.17. The summed E-state index contributed by atoms with van der Waals surface area (Å²) in [6.07, 6.45) is -1.32. The lowest BCUT2D eigenvalue weighted by molar-refractivity contribution is -0.137. The zero-order valence-corrected chi connectivity index (χ0v) is 17.1. The molecule has 162 valence electrons. The standard InChI is InChI=1S/C21H23F3N2O3S/c22-21(23,24)17-5-4-6-18(15-17)25-20(27)12-9-16-7-10-19(11-8-16)30(28,29)26-13-2-1-3-14-26/h4-8,10-11,15H,1-3,9,12-14H2,(H,25,27). The Kier molecular flexibility index (Phi) is 6.82. The van der Waals surface area contributed by atoms with Crippen molar-refractivity contribution in [1.29, 1.82) is 0 Å². The minimum Gasteiger partial charge on any atom is -0.326 e. The summed E-state index contributed by atoms with van der Waals surface area (Å²) in [4.78, 5) is 12.3. The molecule has 0 spiro atoms. The van der Waals surface area contributed by atoms with Crippen LogP contribution in [0.1, 0.15) is 36.8 Å². The maximum absolute atomic E-state index is 12.8. The van der Waals surface area contributed by atoms with Crippen LogP contribution in [0, 0.1) is 0 Å². The van der Waals surface area contributed by atoms with Crippen LogP contribution in [0.3, 0.4) is 0 Å². The van der Waals surface area contributed by atoms with Gasteiger partial charge in [0.1, 0.15) is 0 Å². The number of alkyl halides is 3. The number of hydrogen-bond acceptors (Lipinski definition) is 3. The molecular weight excluding hydrogens is 417 g/mol. The quantitative estimate of drug-likeness (QED) is 0.722. The van der Waals surface area contributed by atoms with Crippen molar-refractivity contribution in [3.8, 4) is 0 Å². The molecule has 1 aliphatic rings. The summed E-state index contributed by atoms with van der Waals surface area (Å²) in [6.45, 7) is 1.06. The lowest BCUT2D eigenvalue weighted by atomic mass is 10.1. The number of carbonyl (C=O) groups excluding carboxylic acids is 1. The molecular formula is C21H23F3N2O3S. The summed E-state index contributed by atoms with van der Waals surface area (Å²) in [5, 5.41) is 2.46. The predicted molar refractivity (Wildman–Crippen MR) is 107 cm³/mol. The van der Waals surface area contributed by atoms with Gasteiger partial charge in [-0.25, -0.2) is 8.42 Å². The van der Waals surface area contributed by atoms with Crippen LogP contribution in [-0.2, 0) is 27.4 Å². The largest absolute Gasteiger partial charge is 0.416 e. The highest BCUT2D eigenvalue weighted by Gasteiger charge is 2.30. The van der Waals surface area contributed by atoms with E-state index in [-0.39, 0.29) is 17.0 Å². The molecule has 0 radical (unpaired) electrons. The van der Waals surface area contributed by atoms with Crippen LogP contribution in [0.5, 0.6) is 0 Å². The van der Waals surface area contributed by atoms with E-state index in [4.69, 9.17) is 0 Å². The highest BCUT2D eigenvalue weighted by Crippen LogP contribution is 2.30. The molecule has 0 aliphatic carbocycles. The van der Waals surface area contributed by atoms with E-state index in [1.54, 1.807) is 12.1 Å². The number of piperidine rings is 1. The van der Waals surface area contributed by atoms with Gasteiger partial charge in [-0.05, 0) is 55.2 Å². The van der Waals surface area contributed by atoms with Crippen molar-refractivity contribution in [2.75, 3.05) is 18.4 Å². The first-order valence-corrected chi connectivity index (χ1v) is 11.2. The van der Waals surface area contributed by atoms with Crippen molar-refractivity contribution in [3.63, 3.8) is 0 Å². The number of hydrogen-bond donors (Lipinski definition) is 1. The smallest absolute Gasteiger partial charge is 0.326 e. The lowest BCUT2D eigenvalue weighted by Crippen LogP contribution is -2.35. The second kappa shape index (κ2) is 9.18. The number of rotatable bonds is 6. The van der Waals surface area contributed by atoms with Gasteiger partial charge in [0.25, 0.3) is 0 Å². The zero-order chi connectivity index (χ0) is 21.8. The molecule has 0 bridgehead atoms. The van der Waals surface area contributed by atoms with Crippen LogP contribution in [0.4, 0.5) is 18.9 Å². The van der Waals surface area contributed by atoms with Crippen LogP contribution in [0.15, 0.2) is 53.4 Å². The Morgan fingerprint density at radius 1 is 1.00 bits per heavy atom. The van der Waals surface area contributed by atoms with Crippen molar-refractivity contribution in [3.05, 3.63) is 59.7 Å². The number of sulfonamides is 1. The summed E-state index contributed by atoms with van der Waals surface area (Å²) in [7, 11) is -3.50. The van der Waals surface area contributed by atoms with Gasteiger partial charge >= 0.3 is 6.18 Å². The normalized spacial score (nSPS) is 15.7. The van der Waals surface area contributed by atoms with E-state index >= 15 is 0 Å². The molecule has 1 N–H and O–H groups in total. The molecule has 1 heterocycles. The average molecular weight is 440 g/mol. The Hall–Kier alpha value is -2.39. The number of carbonyl (C=O) groups is 1. The Morgan fingerprint density at radius 2 is 1.67 bits per heavy atom. The van der Waals surface area contributed by atoms with Gasteiger partial charge in [-0.15, -0.1) is 0 Å². The monoisotopic (exact) mass is 440 g/mol. The van der Waals surface area contributed by atoms with Gasteiger partial charge in [-0.2, -0.15) is 17.5 Å². The molecule has 3 rings (SSSR count). The molecule has 0 saturated carbocycles. The number of halogens is 3. The van der Waals surface area contributed by atoms with Gasteiger partial charge in [-0.3, -0.25) is 4.79 Å². The van der Waals surface area contributed by atoms with Gasteiger partial charge in [0.15, 0.2) is 0 Å². The molecule has 0 atom stereocenters. The number of nitrogens with zero attached hydrogens (tertiary/aromatic N) is 1. The molecule has 1 fully saturated rings. The first kappa shape index (κ1) is 22.3. The molecule has 0 unspecified atom stereocenters. The molecule has 5 nitrogen and oxygen atoms in total. The van der Waals surface area contributed by atoms with Gasteiger partial charge in [0.2, 0.25) is 15.9 Å².